The highest BCUT2D eigenvalue weighted by atomic mass is 32.2. The van der Waals surface area contributed by atoms with E-state index in [-0.39, 0.29) is 0 Å². The second kappa shape index (κ2) is 5.03. The number of hydrogen-bond acceptors (Lipinski definition) is 3. The van der Waals surface area contributed by atoms with Crippen molar-refractivity contribution in [3.05, 3.63) is 17.5 Å². The quantitative estimate of drug-likeness (QED) is 0.851. The third-order valence-corrected chi connectivity index (χ3v) is 4.35. The first kappa shape index (κ1) is 11.0. The first-order chi connectivity index (χ1) is 7.29. The van der Waals surface area contributed by atoms with Crippen LogP contribution in [0.25, 0.3) is 0 Å². The fourth-order valence-corrected chi connectivity index (χ4v) is 3.39. The van der Waals surface area contributed by atoms with E-state index in [0.717, 1.165) is 17.4 Å². The van der Waals surface area contributed by atoms with Crippen LogP contribution in [0.15, 0.2) is 6.07 Å². The third-order valence-electron chi connectivity index (χ3n) is 2.95. The van der Waals surface area contributed by atoms with Crippen LogP contribution < -0.4 is 5.73 Å². The van der Waals surface area contributed by atoms with Gasteiger partial charge in [0.25, 0.3) is 0 Å². The third kappa shape index (κ3) is 2.75. The Morgan fingerprint density at radius 3 is 3.07 bits per heavy atom. The van der Waals surface area contributed by atoms with E-state index in [2.05, 4.69) is 22.9 Å². The second-order valence-corrected chi connectivity index (χ2v) is 5.56. The number of rotatable bonds is 3. The molecule has 0 aromatic carbocycles. The van der Waals surface area contributed by atoms with Crippen LogP contribution >= 0.6 is 11.8 Å². The molecule has 84 valence electrons. The van der Waals surface area contributed by atoms with Crippen molar-refractivity contribution in [3.63, 3.8) is 0 Å². The predicted molar refractivity (Wildman–Crippen MR) is 64.9 cm³/mol. The van der Waals surface area contributed by atoms with Crippen LogP contribution in [-0.2, 0) is 20.0 Å². The standard InChI is InChI=1S/C11H19N3S/c1-14-10(8-12)6-9(13-14)7-11-4-2-3-5-15-11/h6,11H,2-5,7-8,12H2,1H3. The lowest BCUT2D eigenvalue weighted by Crippen LogP contribution is -2.12. The summed E-state index contributed by atoms with van der Waals surface area (Å²) >= 11 is 2.10. The Kier molecular flexibility index (Phi) is 3.70. The molecule has 15 heavy (non-hydrogen) atoms. The molecule has 1 aromatic rings. The Labute approximate surface area is 95.4 Å². The Balaban J connectivity index is 1.97. The number of aryl methyl sites for hydroxylation is 1. The van der Waals surface area contributed by atoms with Gasteiger partial charge in [-0.25, -0.2) is 0 Å². The Morgan fingerprint density at radius 1 is 1.60 bits per heavy atom. The van der Waals surface area contributed by atoms with E-state index >= 15 is 0 Å². The summed E-state index contributed by atoms with van der Waals surface area (Å²) in [4.78, 5) is 0. The molecule has 2 rings (SSSR count). The van der Waals surface area contributed by atoms with Crippen LogP contribution in [0, 0.1) is 0 Å². The molecule has 4 heteroatoms. The van der Waals surface area contributed by atoms with Crippen molar-refractivity contribution in [1.82, 2.24) is 9.78 Å². The molecular weight excluding hydrogens is 206 g/mol. The summed E-state index contributed by atoms with van der Waals surface area (Å²) in [5.41, 5.74) is 7.97. The van der Waals surface area contributed by atoms with E-state index in [0.29, 0.717) is 6.54 Å². The van der Waals surface area contributed by atoms with Crippen LogP contribution in [0.2, 0.25) is 0 Å². The van der Waals surface area contributed by atoms with Gasteiger partial charge in [-0.05, 0) is 24.7 Å². The second-order valence-electron chi connectivity index (χ2n) is 4.15. The van der Waals surface area contributed by atoms with E-state index in [1.165, 1.54) is 30.7 Å². The minimum atomic E-state index is 0.585. The molecule has 1 aliphatic rings. The van der Waals surface area contributed by atoms with Crippen molar-refractivity contribution in [3.8, 4) is 0 Å². The highest BCUT2D eigenvalue weighted by Crippen LogP contribution is 2.27. The SMILES string of the molecule is Cn1nc(CC2CCCCS2)cc1CN. The van der Waals surface area contributed by atoms with Crippen LogP contribution in [0.5, 0.6) is 0 Å². The minimum absolute atomic E-state index is 0.585. The van der Waals surface area contributed by atoms with Gasteiger partial charge in [0, 0.05) is 25.3 Å². The Bertz CT molecular complexity index is 316. The van der Waals surface area contributed by atoms with E-state index in [1.54, 1.807) is 0 Å². The van der Waals surface area contributed by atoms with Gasteiger partial charge < -0.3 is 5.73 Å². The molecule has 1 saturated heterocycles. The maximum absolute atomic E-state index is 5.63. The molecule has 1 atom stereocenters. The van der Waals surface area contributed by atoms with Crippen molar-refractivity contribution in [2.24, 2.45) is 12.8 Å². The van der Waals surface area contributed by atoms with Gasteiger partial charge in [0.1, 0.15) is 0 Å². The van der Waals surface area contributed by atoms with Crippen LogP contribution in [-0.4, -0.2) is 20.8 Å². The molecule has 0 radical (unpaired) electrons. The van der Waals surface area contributed by atoms with E-state index < -0.39 is 0 Å². The molecular formula is C11H19N3S. The van der Waals surface area contributed by atoms with Crippen LogP contribution in [0.1, 0.15) is 30.7 Å². The average molecular weight is 225 g/mol. The monoisotopic (exact) mass is 225 g/mol. The fraction of sp³-hybridized carbons (Fsp3) is 0.727. The maximum Gasteiger partial charge on any atom is 0.0638 e. The zero-order valence-corrected chi connectivity index (χ0v) is 10.1. The predicted octanol–water partition coefficient (Wildman–Crippen LogP) is 1.71. The first-order valence-corrected chi connectivity index (χ1v) is 6.68. The number of nitrogens with zero attached hydrogens (tertiary/aromatic N) is 2. The number of hydrogen-bond donors (Lipinski definition) is 1. The Morgan fingerprint density at radius 2 is 2.47 bits per heavy atom. The Hall–Kier alpha value is -0.480. The highest BCUT2D eigenvalue weighted by molar-refractivity contribution is 7.99. The zero-order chi connectivity index (χ0) is 10.7. The molecule has 1 aromatic heterocycles. The van der Waals surface area contributed by atoms with E-state index in [9.17, 15) is 0 Å². The number of nitrogens with two attached hydrogens (primary N) is 1. The summed E-state index contributed by atoms with van der Waals surface area (Å²) in [6, 6.07) is 2.15. The zero-order valence-electron chi connectivity index (χ0n) is 9.28. The molecule has 1 fully saturated rings. The molecule has 3 nitrogen and oxygen atoms in total. The van der Waals surface area contributed by atoms with Crippen molar-refractivity contribution in [1.29, 1.82) is 0 Å². The summed E-state index contributed by atoms with van der Waals surface area (Å²) in [7, 11) is 1.97. The minimum Gasteiger partial charge on any atom is -0.325 e. The normalized spacial score (nSPS) is 21.9. The van der Waals surface area contributed by atoms with Gasteiger partial charge in [0.15, 0.2) is 0 Å². The molecule has 0 spiro atoms. The highest BCUT2D eigenvalue weighted by Gasteiger charge is 2.16. The van der Waals surface area contributed by atoms with Crippen molar-refractivity contribution < 1.29 is 0 Å². The molecule has 1 aliphatic heterocycles. The van der Waals surface area contributed by atoms with Gasteiger partial charge in [-0.3, -0.25) is 4.68 Å². The summed E-state index contributed by atoms with van der Waals surface area (Å²) < 4.78 is 1.91. The van der Waals surface area contributed by atoms with Crippen LogP contribution in [0.3, 0.4) is 0 Å². The lowest BCUT2D eigenvalue weighted by atomic mass is 10.1. The summed E-state index contributed by atoms with van der Waals surface area (Å²) in [6.45, 7) is 0.585. The largest absolute Gasteiger partial charge is 0.325 e. The molecule has 2 N–H and O–H groups in total. The van der Waals surface area contributed by atoms with Gasteiger partial charge in [0.05, 0.1) is 11.4 Å². The molecule has 0 amide bonds. The van der Waals surface area contributed by atoms with Gasteiger partial charge in [-0.15, -0.1) is 0 Å². The van der Waals surface area contributed by atoms with Gasteiger partial charge in [0.2, 0.25) is 0 Å². The molecule has 2 heterocycles. The average Bonchev–Trinajstić information content (AvgIpc) is 2.60. The number of aromatic nitrogens is 2. The van der Waals surface area contributed by atoms with Crippen molar-refractivity contribution in [2.75, 3.05) is 5.75 Å². The van der Waals surface area contributed by atoms with E-state index in [1.807, 2.05) is 11.7 Å². The topological polar surface area (TPSA) is 43.8 Å². The van der Waals surface area contributed by atoms with Crippen molar-refractivity contribution in [2.45, 2.75) is 37.5 Å². The molecule has 0 saturated carbocycles. The smallest absolute Gasteiger partial charge is 0.0638 e. The van der Waals surface area contributed by atoms with Gasteiger partial charge in [-0.2, -0.15) is 16.9 Å². The van der Waals surface area contributed by atoms with Gasteiger partial charge >= 0.3 is 0 Å². The van der Waals surface area contributed by atoms with Crippen LogP contribution in [0.4, 0.5) is 0 Å². The lowest BCUT2D eigenvalue weighted by Gasteiger charge is -2.19. The van der Waals surface area contributed by atoms with E-state index in [4.69, 9.17) is 5.73 Å². The summed E-state index contributed by atoms with van der Waals surface area (Å²) in [5, 5.41) is 5.28. The molecule has 0 bridgehead atoms. The lowest BCUT2D eigenvalue weighted by molar-refractivity contribution is 0.641. The number of thioether (sulfide) groups is 1. The molecule has 0 aliphatic carbocycles. The van der Waals surface area contributed by atoms with Crippen molar-refractivity contribution >= 4 is 11.8 Å². The summed E-state index contributed by atoms with van der Waals surface area (Å²) in [5.74, 6) is 1.32. The fourth-order valence-electron chi connectivity index (χ4n) is 2.06. The first-order valence-electron chi connectivity index (χ1n) is 5.63. The molecule has 1 unspecified atom stereocenters. The maximum atomic E-state index is 5.63. The van der Waals surface area contributed by atoms with Gasteiger partial charge in [-0.1, -0.05) is 6.42 Å². The summed E-state index contributed by atoms with van der Waals surface area (Å²) in [6.07, 6.45) is 5.23.